The van der Waals surface area contributed by atoms with Gasteiger partial charge in [-0.25, -0.2) is 0 Å². The fraction of sp³-hybridized carbons (Fsp3) is 0.154. The number of pyridine rings is 1. The average molecular weight is 266 g/mol. The Bertz CT molecular complexity index is 532. The maximum Gasteiger partial charge on any atom is 0.387 e. The molecule has 4 nitrogen and oxygen atoms in total. The Morgan fingerprint density at radius 1 is 1.21 bits per heavy atom. The van der Waals surface area contributed by atoms with Gasteiger partial charge in [0, 0.05) is 0 Å². The van der Waals surface area contributed by atoms with Gasteiger partial charge in [0.1, 0.15) is 11.5 Å². The molecule has 0 aliphatic rings. The summed E-state index contributed by atoms with van der Waals surface area (Å²) in [6.07, 6.45) is 1.32. The van der Waals surface area contributed by atoms with Gasteiger partial charge in [-0.05, 0) is 24.3 Å². The van der Waals surface area contributed by atoms with E-state index < -0.39 is 6.61 Å². The van der Waals surface area contributed by atoms with Crippen LogP contribution in [0.1, 0.15) is 5.69 Å². The van der Waals surface area contributed by atoms with Crippen LogP contribution < -0.4 is 10.1 Å². The van der Waals surface area contributed by atoms with Crippen LogP contribution in [0.4, 0.5) is 14.5 Å². The summed E-state index contributed by atoms with van der Waals surface area (Å²) in [6.45, 7) is -2.53. The van der Waals surface area contributed by atoms with E-state index >= 15 is 0 Å². The number of para-hydroxylation sites is 2. The van der Waals surface area contributed by atoms with Crippen LogP contribution in [-0.2, 0) is 6.54 Å². The summed E-state index contributed by atoms with van der Waals surface area (Å²) in [5, 5.41) is 12.1. The van der Waals surface area contributed by atoms with Crippen LogP contribution in [0.15, 0.2) is 42.6 Å². The predicted octanol–water partition coefficient (Wildman–Crippen LogP) is 3.00. The first kappa shape index (κ1) is 13.1. The summed E-state index contributed by atoms with van der Waals surface area (Å²) in [5.41, 5.74) is 1.13. The highest BCUT2D eigenvalue weighted by molar-refractivity contribution is 5.56. The molecule has 0 amide bonds. The molecule has 0 fully saturated rings. The molecule has 0 atom stereocenters. The summed E-state index contributed by atoms with van der Waals surface area (Å²) in [4.78, 5) is 3.98. The van der Waals surface area contributed by atoms with Gasteiger partial charge >= 0.3 is 6.61 Å². The van der Waals surface area contributed by atoms with Gasteiger partial charge in [-0.15, -0.1) is 0 Å². The first-order chi connectivity index (χ1) is 9.15. The van der Waals surface area contributed by atoms with Crippen LogP contribution in [-0.4, -0.2) is 16.7 Å². The molecule has 0 spiro atoms. The molecule has 19 heavy (non-hydrogen) atoms. The van der Waals surface area contributed by atoms with E-state index in [1.807, 2.05) is 0 Å². The van der Waals surface area contributed by atoms with Crippen LogP contribution in [0.2, 0.25) is 0 Å². The van der Waals surface area contributed by atoms with E-state index in [1.54, 1.807) is 24.3 Å². The van der Waals surface area contributed by atoms with E-state index in [4.69, 9.17) is 5.11 Å². The fourth-order valence-corrected chi connectivity index (χ4v) is 1.52. The molecule has 1 aromatic carbocycles. The molecule has 0 aliphatic heterocycles. The van der Waals surface area contributed by atoms with Crippen molar-refractivity contribution in [1.29, 1.82) is 0 Å². The van der Waals surface area contributed by atoms with Gasteiger partial charge in [-0.1, -0.05) is 12.1 Å². The highest BCUT2D eigenvalue weighted by atomic mass is 19.3. The van der Waals surface area contributed by atoms with Crippen molar-refractivity contribution in [3.63, 3.8) is 0 Å². The van der Waals surface area contributed by atoms with Gasteiger partial charge in [0.2, 0.25) is 0 Å². The van der Waals surface area contributed by atoms with Gasteiger partial charge in [-0.3, -0.25) is 4.98 Å². The number of nitrogens with one attached hydrogen (secondary N) is 1. The molecule has 0 saturated heterocycles. The Labute approximate surface area is 108 Å². The van der Waals surface area contributed by atoms with Gasteiger partial charge in [0.05, 0.1) is 24.1 Å². The standard InChI is InChI=1S/C13H12F2N2O2/c14-13(15)19-12-4-2-1-3-11(12)17-7-9-5-6-10(18)8-16-9/h1-6,8,13,17-18H,7H2. The van der Waals surface area contributed by atoms with Crippen molar-refractivity contribution in [1.82, 2.24) is 4.98 Å². The van der Waals surface area contributed by atoms with Crippen molar-refractivity contribution in [2.75, 3.05) is 5.32 Å². The fourth-order valence-electron chi connectivity index (χ4n) is 1.52. The topological polar surface area (TPSA) is 54.4 Å². The summed E-state index contributed by atoms with van der Waals surface area (Å²) < 4.78 is 28.8. The summed E-state index contributed by atoms with van der Waals surface area (Å²) in [7, 11) is 0. The lowest BCUT2D eigenvalue weighted by Crippen LogP contribution is -2.07. The van der Waals surface area contributed by atoms with Crippen molar-refractivity contribution in [3.8, 4) is 11.5 Å². The molecule has 0 saturated carbocycles. The molecular formula is C13H12F2N2O2. The lowest BCUT2D eigenvalue weighted by Gasteiger charge is -2.12. The maximum atomic E-state index is 12.2. The minimum atomic E-state index is -2.87. The second-order valence-electron chi connectivity index (χ2n) is 3.74. The molecule has 2 N–H and O–H groups in total. The number of aromatic nitrogens is 1. The normalized spacial score (nSPS) is 10.5. The second-order valence-corrected chi connectivity index (χ2v) is 3.74. The Kier molecular flexibility index (Phi) is 4.12. The average Bonchev–Trinajstić information content (AvgIpc) is 2.39. The monoisotopic (exact) mass is 266 g/mol. The summed E-state index contributed by atoms with van der Waals surface area (Å²) >= 11 is 0. The summed E-state index contributed by atoms with van der Waals surface area (Å²) in [5.74, 6) is 0.154. The second kappa shape index (κ2) is 5.99. The Hall–Kier alpha value is -2.37. The molecule has 100 valence electrons. The van der Waals surface area contributed by atoms with E-state index in [1.165, 1.54) is 18.3 Å². The number of ether oxygens (including phenoxy) is 1. The van der Waals surface area contributed by atoms with Crippen LogP contribution in [0.3, 0.4) is 0 Å². The predicted molar refractivity (Wildman–Crippen MR) is 66.3 cm³/mol. The van der Waals surface area contributed by atoms with Crippen molar-refractivity contribution in [3.05, 3.63) is 48.3 Å². The van der Waals surface area contributed by atoms with E-state index in [2.05, 4.69) is 15.0 Å². The number of halogens is 2. The van der Waals surface area contributed by atoms with Gasteiger partial charge in [0.15, 0.2) is 0 Å². The number of nitrogens with zero attached hydrogens (tertiary/aromatic N) is 1. The van der Waals surface area contributed by atoms with Crippen molar-refractivity contribution in [2.24, 2.45) is 0 Å². The highest BCUT2D eigenvalue weighted by Gasteiger charge is 2.08. The zero-order valence-electron chi connectivity index (χ0n) is 9.88. The number of hydrogen-bond acceptors (Lipinski definition) is 4. The lowest BCUT2D eigenvalue weighted by atomic mass is 10.2. The number of aromatic hydroxyl groups is 1. The third-order valence-electron chi connectivity index (χ3n) is 2.37. The van der Waals surface area contributed by atoms with E-state index in [9.17, 15) is 8.78 Å². The van der Waals surface area contributed by atoms with Crippen LogP contribution in [0, 0.1) is 0 Å². The molecule has 0 aliphatic carbocycles. The molecule has 6 heteroatoms. The van der Waals surface area contributed by atoms with Crippen molar-refractivity contribution in [2.45, 2.75) is 13.2 Å². The SMILES string of the molecule is Oc1ccc(CNc2ccccc2OC(F)F)nc1. The Balaban J connectivity index is 2.04. The van der Waals surface area contributed by atoms with Gasteiger partial charge in [0.25, 0.3) is 0 Å². The van der Waals surface area contributed by atoms with E-state index in [0.29, 0.717) is 17.9 Å². The molecular weight excluding hydrogens is 254 g/mol. The first-order valence-electron chi connectivity index (χ1n) is 5.57. The van der Waals surface area contributed by atoms with Gasteiger partial charge < -0.3 is 15.2 Å². The van der Waals surface area contributed by atoms with Crippen LogP contribution >= 0.6 is 0 Å². The molecule has 2 rings (SSSR count). The van der Waals surface area contributed by atoms with Gasteiger partial charge in [-0.2, -0.15) is 8.78 Å². The molecule has 0 bridgehead atoms. The largest absolute Gasteiger partial charge is 0.506 e. The van der Waals surface area contributed by atoms with Crippen molar-refractivity contribution >= 4 is 5.69 Å². The number of benzene rings is 1. The smallest absolute Gasteiger partial charge is 0.387 e. The minimum absolute atomic E-state index is 0.0742. The third-order valence-corrected chi connectivity index (χ3v) is 2.37. The van der Waals surface area contributed by atoms with Crippen molar-refractivity contribution < 1.29 is 18.6 Å². The zero-order valence-corrected chi connectivity index (χ0v) is 9.88. The molecule has 0 radical (unpaired) electrons. The Morgan fingerprint density at radius 3 is 2.68 bits per heavy atom. The number of rotatable bonds is 5. The quantitative estimate of drug-likeness (QED) is 0.873. The highest BCUT2D eigenvalue weighted by Crippen LogP contribution is 2.25. The molecule has 2 aromatic rings. The number of anilines is 1. The first-order valence-corrected chi connectivity index (χ1v) is 5.57. The van der Waals surface area contributed by atoms with E-state index in [-0.39, 0.29) is 11.5 Å². The lowest BCUT2D eigenvalue weighted by molar-refractivity contribution is -0.0493. The van der Waals surface area contributed by atoms with E-state index in [0.717, 1.165) is 0 Å². The van der Waals surface area contributed by atoms with Crippen LogP contribution in [0.5, 0.6) is 11.5 Å². The Morgan fingerprint density at radius 2 is 2.00 bits per heavy atom. The molecule has 0 unspecified atom stereocenters. The molecule has 1 aromatic heterocycles. The number of hydrogen-bond donors (Lipinski definition) is 2. The van der Waals surface area contributed by atoms with Crippen LogP contribution in [0.25, 0.3) is 0 Å². The molecule has 1 heterocycles. The summed E-state index contributed by atoms with van der Waals surface area (Å²) in [6, 6.07) is 9.56. The number of alkyl halides is 2. The zero-order chi connectivity index (χ0) is 13.7. The maximum absolute atomic E-state index is 12.2. The third kappa shape index (κ3) is 3.80. The minimum Gasteiger partial charge on any atom is -0.506 e.